The van der Waals surface area contributed by atoms with E-state index in [0.29, 0.717) is 5.58 Å². The number of aromatic nitrogens is 1. The second-order valence-corrected chi connectivity index (χ2v) is 3.65. The van der Waals surface area contributed by atoms with Crippen molar-refractivity contribution < 1.29 is 4.42 Å². The number of rotatable bonds is 0. The van der Waals surface area contributed by atoms with Crippen molar-refractivity contribution in [3.63, 3.8) is 0 Å². The van der Waals surface area contributed by atoms with Gasteiger partial charge in [-0.15, -0.1) is 0 Å². The summed E-state index contributed by atoms with van der Waals surface area (Å²) in [6.07, 6.45) is 0. The fourth-order valence-corrected chi connectivity index (χ4v) is 1.64. The summed E-state index contributed by atoms with van der Waals surface area (Å²) < 4.78 is 5.18. The normalized spacial score (nSPS) is 11.1. The minimum Gasteiger partial charge on any atom is -0.428 e. The van der Waals surface area contributed by atoms with Gasteiger partial charge in [0.1, 0.15) is 5.52 Å². The Bertz CT molecular complexity index is 476. The number of oxazole rings is 1. The van der Waals surface area contributed by atoms with Crippen LogP contribution < -0.4 is 0 Å². The fraction of sp³-hybridized carbons (Fsp3) is 0.222. The maximum Gasteiger partial charge on any atom is 0.293 e. The first-order valence-electron chi connectivity index (χ1n) is 3.81. The van der Waals surface area contributed by atoms with E-state index in [2.05, 4.69) is 4.98 Å². The van der Waals surface area contributed by atoms with Crippen LogP contribution in [-0.4, -0.2) is 4.98 Å². The van der Waals surface area contributed by atoms with Crippen molar-refractivity contribution in [2.75, 3.05) is 0 Å². The van der Waals surface area contributed by atoms with Crippen molar-refractivity contribution in [3.8, 4) is 0 Å². The van der Waals surface area contributed by atoms with E-state index in [1.807, 2.05) is 19.9 Å². The van der Waals surface area contributed by atoms with Gasteiger partial charge in [-0.3, -0.25) is 0 Å². The Kier molecular flexibility index (Phi) is 1.97. The van der Waals surface area contributed by atoms with Gasteiger partial charge in [0, 0.05) is 5.02 Å². The van der Waals surface area contributed by atoms with Crippen molar-refractivity contribution in [1.29, 1.82) is 0 Å². The molecule has 0 saturated heterocycles. The summed E-state index contributed by atoms with van der Waals surface area (Å²) in [5.74, 6) is 0. The van der Waals surface area contributed by atoms with Gasteiger partial charge >= 0.3 is 0 Å². The van der Waals surface area contributed by atoms with Crippen molar-refractivity contribution in [1.82, 2.24) is 4.98 Å². The Morgan fingerprint density at radius 3 is 2.69 bits per heavy atom. The lowest BCUT2D eigenvalue weighted by Crippen LogP contribution is -1.82. The highest BCUT2D eigenvalue weighted by atomic mass is 35.5. The van der Waals surface area contributed by atoms with E-state index >= 15 is 0 Å². The van der Waals surface area contributed by atoms with Crippen LogP contribution in [0.3, 0.4) is 0 Å². The molecule has 1 heterocycles. The number of nitrogens with zero attached hydrogens (tertiary/aromatic N) is 1. The van der Waals surface area contributed by atoms with Gasteiger partial charge in [-0.1, -0.05) is 11.6 Å². The zero-order valence-corrected chi connectivity index (χ0v) is 8.70. The molecule has 0 amide bonds. The van der Waals surface area contributed by atoms with E-state index in [0.717, 1.165) is 21.7 Å². The zero-order valence-electron chi connectivity index (χ0n) is 7.19. The predicted molar refractivity (Wildman–Crippen MR) is 53.5 cm³/mol. The van der Waals surface area contributed by atoms with Crippen LogP contribution in [0.5, 0.6) is 0 Å². The Balaban J connectivity index is 2.92. The molecule has 0 aliphatic rings. The maximum atomic E-state index is 6.04. The standard InChI is InChI=1S/C9H7Cl2NO/c1-4-3-6-8(5(2)7(4)10)12-9(11)13-6/h3H,1-2H3. The summed E-state index contributed by atoms with van der Waals surface area (Å²) >= 11 is 11.7. The summed E-state index contributed by atoms with van der Waals surface area (Å²) in [4.78, 5) is 4.03. The Hall–Kier alpha value is -0.730. The van der Waals surface area contributed by atoms with Gasteiger partial charge < -0.3 is 4.42 Å². The molecule has 68 valence electrons. The molecular weight excluding hydrogens is 209 g/mol. The van der Waals surface area contributed by atoms with Gasteiger partial charge in [-0.25, -0.2) is 0 Å². The average Bonchev–Trinajstić information content (AvgIpc) is 2.42. The minimum absolute atomic E-state index is 0.153. The van der Waals surface area contributed by atoms with Gasteiger partial charge in [0.15, 0.2) is 5.58 Å². The Labute approximate surface area is 85.5 Å². The summed E-state index contributed by atoms with van der Waals surface area (Å²) in [7, 11) is 0. The fourth-order valence-electron chi connectivity index (χ4n) is 1.33. The molecule has 0 atom stereocenters. The number of halogens is 2. The lowest BCUT2D eigenvalue weighted by atomic mass is 10.1. The van der Waals surface area contributed by atoms with Crippen LogP contribution in [0.25, 0.3) is 11.1 Å². The second kappa shape index (κ2) is 2.89. The van der Waals surface area contributed by atoms with Gasteiger partial charge in [0.05, 0.1) is 0 Å². The average molecular weight is 216 g/mol. The molecule has 2 aromatic rings. The first-order chi connectivity index (χ1) is 6.09. The van der Waals surface area contributed by atoms with E-state index in [1.54, 1.807) is 0 Å². The van der Waals surface area contributed by atoms with Crippen molar-refractivity contribution >= 4 is 34.3 Å². The number of fused-ring (bicyclic) bond motifs is 1. The van der Waals surface area contributed by atoms with Crippen LogP contribution in [0.15, 0.2) is 10.5 Å². The molecule has 13 heavy (non-hydrogen) atoms. The molecular formula is C9H7Cl2NO. The van der Waals surface area contributed by atoms with Gasteiger partial charge in [-0.2, -0.15) is 4.98 Å². The minimum atomic E-state index is 0.153. The van der Waals surface area contributed by atoms with Gasteiger partial charge in [0.25, 0.3) is 5.35 Å². The summed E-state index contributed by atoms with van der Waals surface area (Å²) in [6, 6.07) is 1.84. The van der Waals surface area contributed by atoms with Crippen LogP contribution in [0.1, 0.15) is 11.1 Å². The third kappa shape index (κ3) is 1.30. The van der Waals surface area contributed by atoms with Crippen molar-refractivity contribution in [2.24, 2.45) is 0 Å². The van der Waals surface area contributed by atoms with Crippen molar-refractivity contribution in [2.45, 2.75) is 13.8 Å². The number of hydrogen-bond acceptors (Lipinski definition) is 2. The number of benzene rings is 1. The first kappa shape index (κ1) is 8.85. The zero-order chi connectivity index (χ0) is 9.59. The van der Waals surface area contributed by atoms with Gasteiger partial charge in [0.2, 0.25) is 0 Å². The van der Waals surface area contributed by atoms with E-state index in [-0.39, 0.29) is 5.35 Å². The first-order valence-corrected chi connectivity index (χ1v) is 4.57. The van der Waals surface area contributed by atoms with Crippen LogP contribution in [0.2, 0.25) is 10.4 Å². The van der Waals surface area contributed by atoms with Gasteiger partial charge in [-0.05, 0) is 42.6 Å². The highest BCUT2D eigenvalue weighted by Gasteiger charge is 2.11. The molecule has 0 saturated carbocycles. The molecule has 0 aliphatic heterocycles. The smallest absolute Gasteiger partial charge is 0.293 e. The molecule has 4 heteroatoms. The van der Waals surface area contributed by atoms with E-state index < -0.39 is 0 Å². The molecule has 0 fully saturated rings. The third-order valence-corrected chi connectivity index (χ3v) is 2.75. The molecule has 1 aromatic carbocycles. The van der Waals surface area contributed by atoms with Crippen LogP contribution in [-0.2, 0) is 0 Å². The van der Waals surface area contributed by atoms with E-state index in [4.69, 9.17) is 27.6 Å². The monoisotopic (exact) mass is 215 g/mol. The quantitative estimate of drug-likeness (QED) is 0.670. The maximum absolute atomic E-state index is 6.04. The largest absolute Gasteiger partial charge is 0.428 e. The highest BCUT2D eigenvalue weighted by Crippen LogP contribution is 2.29. The van der Waals surface area contributed by atoms with Crippen LogP contribution in [0.4, 0.5) is 0 Å². The molecule has 0 N–H and O–H groups in total. The molecule has 2 nitrogen and oxygen atoms in total. The van der Waals surface area contributed by atoms with E-state index in [1.165, 1.54) is 0 Å². The molecule has 1 aromatic heterocycles. The molecule has 0 spiro atoms. The molecule has 0 radical (unpaired) electrons. The predicted octanol–water partition coefficient (Wildman–Crippen LogP) is 3.75. The van der Waals surface area contributed by atoms with Crippen molar-refractivity contribution in [3.05, 3.63) is 27.6 Å². The molecule has 2 rings (SSSR count). The topological polar surface area (TPSA) is 26.0 Å². The Morgan fingerprint density at radius 1 is 1.31 bits per heavy atom. The number of hydrogen-bond donors (Lipinski definition) is 0. The SMILES string of the molecule is Cc1cc2oc(Cl)nc2c(C)c1Cl. The summed E-state index contributed by atoms with van der Waals surface area (Å²) in [6.45, 7) is 3.82. The highest BCUT2D eigenvalue weighted by molar-refractivity contribution is 6.33. The lowest BCUT2D eigenvalue weighted by Gasteiger charge is -2.00. The Morgan fingerprint density at radius 2 is 2.00 bits per heavy atom. The molecule has 0 bridgehead atoms. The van der Waals surface area contributed by atoms with E-state index in [9.17, 15) is 0 Å². The number of aryl methyl sites for hydroxylation is 2. The molecule has 0 unspecified atom stereocenters. The van der Waals surface area contributed by atoms with Crippen LogP contribution in [0, 0.1) is 13.8 Å². The van der Waals surface area contributed by atoms with Crippen LogP contribution >= 0.6 is 23.2 Å². The second-order valence-electron chi connectivity index (χ2n) is 2.95. The summed E-state index contributed by atoms with van der Waals surface area (Å²) in [5.41, 5.74) is 3.30. The lowest BCUT2D eigenvalue weighted by molar-refractivity contribution is 0.604. The molecule has 0 aliphatic carbocycles. The summed E-state index contributed by atoms with van der Waals surface area (Å²) in [5, 5.41) is 0.872. The third-order valence-electron chi connectivity index (χ3n) is 2.01.